The van der Waals surface area contributed by atoms with Crippen LogP contribution in [0, 0.1) is 22.7 Å². The number of benzene rings is 2. The molecule has 0 aliphatic heterocycles. The van der Waals surface area contributed by atoms with Crippen LogP contribution in [0.2, 0.25) is 0 Å². The summed E-state index contributed by atoms with van der Waals surface area (Å²) in [5, 5.41) is 0. The summed E-state index contributed by atoms with van der Waals surface area (Å²) in [6.45, 7) is 20.0. The van der Waals surface area contributed by atoms with Gasteiger partial charge in [-0.2, -0.15) is 8.42 Å². The molecule has 6 heteroatoms. The fourth-order valence-corrected chi connectivity index (χ4v) is 12.1. The molecule has 0 aromatic heterocycles. The molecule has 0 bridgehead atoms. The SMILES string of the molecule is CC(=O)C1(C)CCCC2(C)c3cc(Cc4cc5c(cc4C(C)C)CCC4C(C)(C(=O)OS(C)(=O)=O)CCCC54C)c(C(C)C)cc3CCC12. The molecule has 49 heavy (non-hydrogen) atoms. The van der Waals surface area contributed by atoms with E-state index in [4.69, 9.17) is 4.18 Å². The first-order valence-electron chi connectivity index (χ1n) is 19.0. The normalized spacial score (nSPS) is 32.6. The van der Waals surface area contributed by atoms with Crippen molar-refractivity contribution in [1.29, 1.82) is 0 Å². The van der Waals surface area contributed by atoms with Gasteiger partial charge in [0.15, 0.2) is 0 Å². The summed E-state index contributed by atoms with van der Waals surface area (Å²) in [7, 11) is -3.89. The monoisotopic (exact) mass is 688 g/mol. The Kier molecular flexibility index (Phi) is 9.15. The van der Waals surface area contributed by atoms with E-state index in [-0.39, 0.29) is 22.2 Å². The lowest BCUT2D eigenvalue weighted by molar-refractivity contribution is -0.153. The van der Waals surface area contributed by atoms with Gasteiger partial charge in [0.2, 0.25) is 0 Å². The van der Waals surface area contributed by atoms with Gasteiger partial charge in [-0.3, -0.25) is 9.59 Å². The molecule has 6 unspecified atom stereocenters. The molecular weight excluding hydrogens is 629 g/mol. The number of fused-ring (bicyclic) bond motifs is 6. The maximum absolute atomic E-state index is 13.5. The Balaban J connectivity index is 1.45. The minimum Gasteiger partial charge on any atom is -0.345 e. The van der Waals surface area contributed by atoms with Gasteiger partial charge in [-0.25, -0.2) is 0 Å². The van der Waals surface area contributed by atoms with Gasteiger partial charge >= 0.3 is 16.1 Å². The Morgan fingerprint density at radius 3 is 1.57 bits per heavy atom. The second-order valence-corrected chi connectivity index (χ2v) is 19.7. The van der Waals surface area contributed by atoms with Gasteiger partial charge in [0.1, 0.15) is 5.78 Å². The van der Waals surface area contributed by atoms with E-state index in [1.165, 1.54) is 44.5 Å². The fraction of sp³-hybridized carbons (Fsp3) is 0.674. The first-order chi connectivity index (χ1) is 22.7. The highest BCUT2D eigenvalue weighted by Crippen LogP contribution is 2.60. The second-order valence-electron chi connectivity index (χ2n) is 18.1. The van der Waals surface area contributed by atoms with E-state index < -0.39 is 21.5 Å². The van der Waals surface area contributed by atoms with E-state index in [1.807, 2.05) is 13.8 Å². The van der Waals surface area contributed by atoms with Crippen LogP contribution in [0.4, 0.5) is 0 Å². The van der Waals surface area contributed by atoms with E-state index in [9.17, 15) is 18.0 Å². The largest absolute Gasteiger partial charge is 0.345 e. The van der Waals surface area contributed by atoms with Crippen molar-refractivity contribution < 1.29 is 22.2 Å². The predicted octanol–water partition coefficient (Wildman–Crippen LogP) is 9.64. The summed E-state index contributed by atoms with van der Waals surface area (Å²) in [6.07, 6.45) is 11.3. The third-order valence-electron chi connectivity index (χ3n) is 14.3. The average Bonchev–Trinajstić information content (AvgIpc) is 2.99. The Hall–Kier alpha value is -2.47. The molecule has 0 N–H and O–H groups in total. The second kappa shape index (κ2) is 12.3. The molecule has 2 aromatic carbocycles. The van der Waals surface area contributed by atoms with Crippen LogP contribution in [-0.2, 0) is 54.0 Å². The van der Waals surface area contributed by atoms with Crippen LogP contribution >= 0.6 is 0 Å². The molecular formula is C43H60O5S. The molecule has 0 radical (unpaired) electrons. The van der Waals surface area contributed by atoms with Crippen molar-refractivity contribution in [3.8, 4) is 0 Å². The summed E-state index contributed by atoms with van der Waals surface area (Å²) < 4.78 is 29.2. The van der Waals surface area contributed by atoms with E-state index in [1.54, 1.807) is 0 Å². The lowest BCUT2D eigenvalue weighted by Gasteiger charge is -2.54. The van der Waals surface area contributed by atoms with Gasteiger partial charge in [0, 0.05) is 5.41 Å². The molecule has 4 aliphatic rings. The number of Topliss-reactive ketones (excluding diaryl/α,β-unsaturated/α-hetero) is 1. The van der Waals surface area contributed by atoms with Crippen LogP contribution in [0.5, 0.6) is 0 Å². The van der Waals surface area contributed by atoms with Crippen molar-refractivity contribution in [3.05, 3.63) is 68.8 Å². The Bertz CT molecular complexity index is 1790. The van der Waals surface area contributed by atoms with Crippen LogP contribution in [0.1, 0.15) is 170 Å². The van der Waals surface area contributed by atoms with Gasteiger partial charge in [-0.05, 0) is 151 Å². The Morgan fingerprint density at radius 2 is 1.16 bits per heavy atom. The molecule has 6 atom stereocenters. The summed E-state index contributed by atoms with van der Waals surface area (Å²) in [5.74, 6) is 0.863. The number of hydrogen-bond donors (Lipinski definition) is 0. The molecule has 0 saturated heterocycles. The van der Waals surface area contributed by atoms with E-state index >= 15 is 0 Å². The lowest BCUT2D eigenvalue weighted by Crippen LogP contribution is -2.53. The fourth-order valence-electron chi connectivity index (χ4n) is 11.6. The zero-order chi connectivity index (χ0) is 35.9. The molecule has 2 aromatic rings. The minimum absolute atomic E-state index is 0.00184. The van der Waals surface area contributed by atoms with Crippen molar-refractivity contribution >= 4 is 21.9 Å². The zero-order valence-electron chi connectivity index (χ0n) is 31.8. The number of aryl methyl sites for hydroxylation is 2. The van der Waals surface area contributed by atoms with Crippen molar-refractivity contribution in [2.75, 3.05) is 6.26 Å². The summed E-state index contributed by atoms with van der Waals surface area (Å²) in [4.78, 5) is 26.6. The number of carbonyl (C=O) groups excluding carboxylic acids is 2. The van der Waals surface area contributed by atoms with Crippen LogP contribution < -0.4 is 0 Å². The molecule has 6 rings (SSSR count). The molecule has 2 fully saturated rings. The van der Waals surface area contributed by atoms with Crippen LogP contribution in [0.25, 0.3) is 0 Å². The van der Waals surface area contributed by atoms with Crippen LogP contribution in [-0.4, -0.2) is 26.4 Å². The Morgan fingerprint density at radius 1 is 0.735 bits per heavy atom. The van der Waals surface area contributed by atoms with Crippen molar-refractivity contribution in [1.82, 2.24) is 0 Å². The molecule has 0 spiro atoms. The molecule has 4 aliphatic carbocycles. The van der Waals surface area contributed by atoms with Gasteiger partial charge < -0.3 is 4.18 Å². The minimum atomic E-state index is -3.89. The molecule has 0 amide bonds. The summed E-state index contributed by atoms with van der Waals surface area (Å²) in [5.41, 5.74) is 9.86. The molecule has 268 valence electrons. The van der Waals surface area contributed by atoms with Crippen molar-refractivity contribution in [2.45, 2.75) is 156 Å². The number of hydrogen-bond acceptors (Lipinski definition) is 5. The highest BCUT2D eigenvalue weighted by Gasteiger charge is 2.57. The maximum Gasteiger partial charge on any atom is 0.328 e. The first kappa shape index (κ1) is 36.3. The van der Waals surface area contributed by atoms with Crippen LogP contribution in [0.3, 0.4) is 0 Å². The molecule has 2 saturated carbocycles. The van der Waals surface area contributed by atoms with Crippen LogP contribution in [0.15, 0.2) is 24.3 Å². The molecule has 0 heterocycles. The average molecular weight is 689 g/mol. The van der Waals surface area contributed by atoms with Crippen molar-refractivity contribution in [3.63, 3.8) is 0 Å². The summed E-state index contributed by atoms with van der Waals surface area (Å²) >= 11 is 0. The Labute approximate surface area is 296 Å². The van der Waals surface area contributed by atoms with Gasteiger partial charge in [0.25, 0.3) is 0 Å². The number of carbonyl (C=O) groups is 2. The highest BCUT2D eigenvalue weighted by atomic mass is 32.2. The summed E-state index contributed by atoms with van der Waals surface area (Å²) in [6, 6.07) is 10.0. The standard InChI is InChI=1S/C43H60O5S/c1-26(2)33-22-29-13-15-37-40(6,28(5)44)17-11-18-41(37,7)35(29)24-31(33)21-32-25-36-30(23-34(32)27(3)4)14-16-38-42(36,8)19-12-20-43(38,9)39(45)48-49(10,46)47/h22-27,37-38H,11-21H2,1-10H3. The highest BCUT2D eigenvalue weighted by molar-refractivity contribution is 7.86. The van der Waals surface area contributed by atoms with Gasteiger partial charge in [-0.1, -0.05) is 85.6 Å². The predicted molar refractivity (Wildman–Crippen MR) is 198 cm³/mol. The lowest BCUT2D eigenvalue weighted by atomic mass is 9.48. The number of rotatable bonds is 7. The van der Waals surface area contributed by atoms with E-state index in [0.717, 1.165) is 70.5 Å². The van der Waals surface area contributed by atoms with E-state index in [2.05, 4.69) is 72.7 Å². The first-order valence-corrected chi connectivity index (χ1v) is 20.8. The molecule has 5 nitrogen and oxygen atoms in total. The zero-order valence-corrected chi connectivity index (χ0v) is 32.7. The number of ketones is 1. The van der Waals surface area contributed by atoms with Crippen molar-refractivity contribution in [2.24, 2.45) is 22.7 Å². The maximum atomic E-state index is 13.5. The van der Waals surface area contributed by atoms with E-state index in [0.29, 0.717) is 30.0 Å². The van der Waals surface area contributed by atoms with Gasteiger partial charge in [0.05, 0.1) is 11.7 Å². The van der Waals surface area contributed by atoms with Gasteiger partial charge in [-0.15, -0.1) is 0 Å². The smallest absolute Gasteiger partial charge is 0.328 e. The third-order valence-corrected chi connectivity index (χ3v) is 14.8. The quantitative estimate of drug-likeness (QED) is 0.271. The third kappa shape index (κ3) is 5.94. The topological polar surface area (TPSA) is 77.5 Å².